The maximum atomic E-state index is 12.1. The van der Waals surface area contributed by atoms with Crippen molar-refractivity contribution in [2.24, 2.45) is 5.11 Å². The predicted octanol–water partition coefficient (Wildman–Crippen LogP) is 1.35. The number of azide groups is 1. The molecule has 5 atom stereocenters. The summed E-state index contributed by atoms with van der Waals surface area (Å²) in [5, 5.41) is 22.7. The molecule has 1 rings (SSSR count). The Hall–Kier alpha value is -1.16. The molecule has 0 aromatic rings. The first-order chi connectivity index (χ1) is 11.0. The highest BCUT2D eigenvalue weighted by atomic mass is 28.4. The van der Waals surface area contributed by atoms with Crippen LogP contribution in [-0.4, -0.2) is 68.7 Å². The van der Waals surface area contributed by atoms with Crippen molar-refractivity contribution in [1.82, 2.24) is 0 Å². The van der Waals surface area contributed by atoms with Crippen LogP contribution in [0.4, 0.5) is 0 Å². The van der Waals surface area contributed by atoms with Crippen LogP contribution < -0.4 is 0 Å². The van der Waals surface area contributed by atoms with Crippen LogP contribution in [0.3, 0.4) is 0 Å². The zero-order chi connectivity index (χ0) is 18.7. The van der Waals surface area contributed by atoms with Crippen LogP contribution in [0.15, 0.2) is 5.11 Å². The highest BCUT2D eigenvalue weighted by Gasteiger charge is 2.54. The van der Waals surface area contributed by atoms with Gasteiger partial charge in [0.15, 0.2) is 14.4 Å². The van der Waals surface area contributed by atoms with E-state index < -0.39 is 51.4 Å². The highest BCUT2D eigenvalue weighted by molar-refractivity contribution is 6.74. The van der Waals surface area contributed by atoms with Gasteiger partial charge in [-0.3, -0.25) is 0 Å². The molecule has 0 aliphatic carbocycles. The molecule has 0 amide bonds. The summed E-state index contributed by atoms with van der Waals surface area (Å²) in [6, 6.07) is -0.949. The number of hydrogen-bond acceptors (Lipinski definition) is 7. The van der Waals surface area contributed by atoms with Crippen LogP contribution in [0, 0.1) is 0 Å². The zero-order valence-electron chi connectivity index (χ0n) is 15.0. The van der Waals surface area contributed by atoms with Gasteiger partial charge in [0.2, 0.25) is 0 Å². The fraction of sp³-hybridized carbons (Fsp3) is 0.929. The summed E-state index contributed by atoms with van der Waals surface area (Å²) in [4.78, 5) is 14.9. The van der Waals surface area contributed by atoms with Gasteiger partial charge in [0.1, 0.15) is 6.10 Å². The van der Waals surface area contributed by atoms with Gasteiger partial charge in [-0.2, -0.15) is 0 Å². The Morgan fingerprint density at radius 2 is 2.04 bits per heavy atom. The molecule has 2 N–H and O–H groups in total. The van der Waals surface area contributed by atoms with E-state index in [9.17, 15) is 15.0 Å². The predicted molar refractivity (Wildman–Crippen MR) is 88.8 cm³/mol. The van der Waals surface area contributed by atoms with Crippen molar-refractivity contribution in [2.45, 2.75) is 69.4 Å². The quantitative estimate of drug-likeness (QED) is 0.241. The molecule has 10 heteroatoms. The number of carbonyl (C=O) groups is 1. The van der Waals surface area contributed by atoms with Crippen LogP contribution in [0.2, 0.25) is 18.1 Å². The Bertz CT molecular complexity index is 503. The van der Waals surface area contributed by atoms with E-state index in [0.717, 1.165) is 0 Å². The molecule has 1 heterocycles. The fourth-order valence-electron chi connectivity index (χ4n) is 2.26. The summed E-state index contributed by atoms with van der Waals surface area (Å²) in [5.74, 6) is -0.676. The van der Waals surface area contributed by atoms with Crippen LogP contribution in [0.25, 0.3) is 10.4 Å². The number of aliphatic hydroxyl groups excluding tert-OH is 2. The summed E-state index contributed by atoms with van der Waals surface area (Å²) in [6.45, 7) is 9.48. The number of rotatable bonds is 6. The van der Waals surface area contributed by atoms with Crippen molar-refractivity contribution in [3.05, 3.63) is 10.4 Å². The molecule has 24 heavy (non-hydrogen) atoms. The van der Waals surface area contributed by atoms with Gasteiger partial charge in [-0.25, -0.2) is 4.79 Å². The number of ether oxygens (including phenoxy) is 2. The van der Waals surface area contributed by atoms with Gasteiger partial charge in [-0.15, -0.1) is 0 Å². The van der Waals surface area contributed by atoms with Crippen LogP contribution in [-0.2, 0) is 18.7 Å². The lowest BCUT2D eigenvalue weighted by Gasteiger charge is -2.40. The Labute approximate surface area is 142 Å². The minimum atomic E-state index is -2.33. The first-order valence-electron chi connectivity index (χ1n) is 7.74. The third-order valence-corrected chi connectivity index (χ3v) is 9.17. The smallest absolute Gasteiger partial charge is 0.337 e. The normalized spacial score (nSPS) is 29.0. The van der Waals surface area contributed by atoms with Crippen molar-refractivity contribution in [2.75, 3.05) is 13.7 Å². The van der Waals surface area contributed by atoms with Gasteiger partial charge in [-0.1, -0.05) is 25.9 Å². The summed E-state index contributed by atoms with van der Waals surface area (Å²) in [7, 11) is -1.12. The molecule has 0 radical (unpaired) electrons. The zero-order valence-corrected chi connectivity index (χ0v) is 16.0. The Morgan fingerprint density at radius 3 is 2.46 bits per heavy atom. The SMILES string of the molecule is COC(=O)[C@@H]1O[C@H]([C@H](O)CO)[C@@H](N=[N+]=[N-])[C@H]1O[Si](C)(C)C(C)(C)C. The number of nitrogens with zero attached hydrogens (tertiary/aromatic N) is 3. The lowest BCUT2D eigenvalue weighted by atomic mass is 10.0. The van der Waals surface area contributed by atoms with E-state index >= 15 is 0 Å². The van der Waals surface area contributed by atoms with E-state index in [-0.39, 0.29) is 5.04 Å². The first-order valence-corrected chi connectivity index (χ1v) is 10.6. The molecule has 9 nitrogen and oxygen atoms in total. The third-order valence-electron chi connectivity index (χ3n) is 4.70. The molecular weight excluding hydrogens is 334 g/mol. The average molecular weight is 361 g/mol. The number of hydrogen-bond donors (Lipinski definition) is 2. The van der Waals surface area contributed by atoms with E-state index in [4.69, 9.17) is 19.4 Å². The van der Waals surface area contributed by atoms with Crippen molar-refractivity contribution in [1.29, 1.82) is 0 Å². The maximum Gasteiger partial charge on any atom is 0.337 e. The van der Waals surface area contributed by atoms with Crippen LogP contribution in [0.1, 0.15) is 20.8 Å². The maximum absolute atomic E-state index is 12.1. The summed E-state index contributed by atoms with van der Waals surface area (Å²) >= 11 is 0. The second-order valence-electron chi connectivity index (χ2n) is 7.33. The van der Waals surface area contributed by atoms with E-state index in [2.05, 4.69) is 10.0 Å². The van der Waals surface area contributed by atoms with Crippen molar-refractivity contribution < 1.29 is 28.9 Å². The molecule has 0 aromatic heterocycles. The molecule has 0 saturated carbocycles. The molecule has 0 aromatic carbocycles. The lowest BCUT2D eigenvalue weighted by molar-refractivity contribution is -0.159. The third kappa shape index (κ3) is 4.27. The van der Waals surface area contributed by atoms with E-state index in [1.54, 1.807) is 0 Å². The van der Waals surface area contributed by atoms with Gasteiger partial charge in [0.25, 0.3) is 0 Å². The number of carbonyl (C=O) groups excluding carboxylic acids is 1. The van der Waals surface area contributed by atoms with Crippen LogP contribution >= 0.6 is 0 Å². The largest absolute Gasteiger partial charge is 0.467 e. The van der Waals surface area contributed by atoms with Gasteiger partial charge < -0.3 is 24.1 Å². The number of esters is 1. The second kappa shape index (κ2) is 7.81. The standard InChI is InChI=1S/C14H27N3O6Si/c1-14(2,3)24(5,6)23-11-9(16-17-15)10(8(19)7-18)22-12(11)13(20)21-4/h8-12,18-19H,7H2,1-6H3/t8-,9-,10-,11-,12-/m1/s1. The van der Waals surface area contributed by atoms with Gasteiger partial charge in [0, 0.05) is 4.91 Å². The van der Waals surface area contributed by atoms with E-state index in [0.29, 0.717) is 0 Å². The minimum absolute atomic E-state index is 0.151. The Balaban J connectivity index is 3.25. The van der Waals surface area contributed by atoms with E-state index in [1.807, 2.05) is 33.9 Å². The molecule has 0 unspecified atom stereocenters. The van der Waals surface area contributed by atoms with Crippen LogP contribution in [0.5, 0.6) is 0 Å². The number of methoxy groups -OCH3 is 1. The molecule has 0 bridgehead atoms. The molecule has 1 fully saturated rings. The summed E-state index contributed by atoms with van der Waals surface area (Å²) < 4.78 is 16.5. The molecule has 1 aliphatic rings. The minimum Gasteiger partial charge on any atom is -0.467 e. The fourth-order valence-corrected chi connectivity index (χ4v) is 3.56. The number of aliphatic hydroxyl groups is 2. The van der Waals surface area contributed by atoms with Crippen molar-refractivity contribution >= 4 is 14.3 Å². The highest BCUT2D eigenvalue weighted by Crippen LogP contribution is 2.40. The second-order valence-corrected chi connectivity index (χ2v) is 12.1. The average Bonchev–Trinajstić information content (AvgIpc) is 2.83. The molecule has 0 spiro atoms. The molecular formula is C14H27N3O6Si. The van der Waals surface area contributed by atoms with Crippen molar-refractivity contribution in [3.8, 4) is 0 Å². The van der Waals surface area contributed by atoms with E-state index in [1.165, 1.54) is 7.11 Å². The lowest BCUT2D eigenvalue weighted by Crippen LogP contribution is -2.51. The molecule has 138 valence electrons. The Kier molecular flexibility index (Phi) is 6.80. The Morgan fingerprint density at radius 1 is 1.46 bits per heavy atom. The first kappa shape index (κ1) is 20.9. The van der Waals surface area contributed by atoms with Gasteiger partial charge >= 0.3 is 5.97 Å². The topological polar surface area (TPSA) is 134 Å². The summed E-state index contributed by atoms with van der Waals surface area (Å²) in [6.07, 6.45) is -4.38. The monoisotopic (exact) mass is 361 g/mol. The molecule has 1 aliphatic heterocycles. The molecule has 1 saturated heterocycles. The van der Waals surface area contributed by atoms with Crippen molar-refractivity contribution in [3.63, 3.8) is 0 Å². The van der Waals surface area contributed by atoms with Gasteiger partial charge in [0.05, 0.1) is 32.0 Å². The van der Waals surface area contributed by atoms with Gasteiger partial charge in [-0.05, 0) is 23.7 Å². The summed E-state index contributed by atoms with van der Waals surface area (Å²) in [5.41, 5.74) is 8.86.